The molecule has 2 rings (SSSR count). The van der Waals surface area contributed by atoms with Crippen LogP contribution < -0.4 is 10.1 Å². The number of carbonyl (C=O) groups is 1. The van der Waals surface area contributed by atoms with Crippen LogP contribution in [0.15, 0.2) is 48.5 Å². The Balaban J connectivity index is 1.75. The molecule has 4 nitrogen and oxygen atoms in total. The zero-order valence-electron chi connectivity index (χ0n) is 13.0. The Kier molecular flexibility index (Phi) is 6.44. The summed E-state index contributed by atoms with van der Waals surface area (Å²) in [5.41, 5.74) is 1.98. The van der Waals surface area contributed by atoms with E-state index in [1.807, 2.05) is 24.3 Å². The summed E-state index contributed by atoms with van der Waals surface area (Å²) in [6, 6.07) is 14.6. The van der Waals surface area contributed by atoms with Crippen LogP contribution in [0.5, 0.6) is 5.75 Å². The van der Waals surface area contributed by atoms with Crippen molar-refractivity contribution in [3.8, 4) is 5.75 Å². The van der Waals surface area contributed by atoms with E-state index in [0.717, 1.165) is 17.5 Å². The molecule has 0 spiro atoms. The Bertz CT molecular complexity index is 626. The Morgan fingerprint density at radius 1 is 1.13 bits per heavy atom. The predicted octanol–water partition coefficient (Wildman–Crippen LogP) is 2.96. The fraction of sp³-hybridized carbons (Fsp3) is 0.278. The van der Waals surface area contributed by atoms with E-state index in [2.05, 4.69) is 5.32 Å². The molecule has 0 heterocycles. The quantitative estimate of drug-likeness (QED) is 0.819. The van der Waals surface area contributed by atoms with Crippen molar-refractivity contribution in [3.05, 3.63) is 64.7 Å². The number of rotatable bonds is 7. The molecule has 2 aromatic rings. The van der Waals surface area contributed by atoms with Gasteiger partial charge in [-0.1, -0.05) is 35.9 Å². The molecular weight excluding hydrogens is 314 g/mol. The van der Waals surface area contributed by atoms with E-state index in [9.17, 15) is 4.79 Å². The third-order valence-corrected chi connectivity index (χ3v) is 3.67. The molecule has 2 N–H and O–H groups in total. The highest BCUT2D eigenvalue weighted by molar-refractivity contribution is 6.30. The third kappa shape index (κ3) is 5.58. The van der Waals surface area contributed by atoms with Crippen LogP contribution in [-0.2, 0) is 17.8 Å². The number of amides is 1. The fourth-order valence-corrected chi connectivity index (χ4v) is 2.18. The second-order valence-electron chi connectivity index (χ2n) is 5.23. The predicted molar refractivity (Wildman–Crippen MR) is 90.6 cm³/mol. The highest BCUT2D eigenvalue weighted by atomic mass is 35.5. The molecular formula is C18H20ClNO3. The lowest BCUT2D eigenvalue weighted by Gasteiger charge is -2.14. The normalized spacial score (nSPS) is 11.8. The second-order valence-corrected chi connectivity index (χ2v) is 5.67. The highest BCUT2D eigenvalue weighted by Gasteiger charge is 2.13. The summed E-state index contributed by atoms with van der Waals surface area (Å²) in [6.45, 7) is 2.28. The molecule has 0 saturated carbocycles. The van der Waals surface area contributed by atoms with Crippen molar-refractivity contribution >= 4 is 17.5 Å². The summed E-state index contributed by atoms with van der Waals surface area (Å²) in [5.74, 6) is 0.448. The van der Waals surface area contributed by atoms with Gasteiger partial charge < -0.3 is 15.2 Å². The number of halogens is 1. The molecule has 0 bridgehead atoms. The Hall–Kier alpha value is -2.04. The van der Waals surface area contributed by atoms with Crippen LogP contribution in [-0.4, -0.2) is 23.7 Å². The number of aliphatic hydroxyl groups is 1. The first kappa shape index (κ1) is 17.3. The SMILES string of the molecule is CC(Oc1ccc(Cl)cc1)C(=O)NCCc1ccc(CO)cc1. The third-order valence-electron chi connectivity index (χ3n) is 3.41. The van der Waals surface area contributed by atoms with Crippen LogP contribution in [0.4, 0.5) is 0 Å². The lowest BCUT2D eigenvalue weighted by atomic mass is 10.1. The van der Waals surface area contributed by atoms with Crippen LogP contribution in [0, 0.1) is 0 Å². The average Bonchev–Trinajstić information content (AvgIpc) is 2.57. The molecule has 0 aliphatic rings. The molecule has 0 aromatic heterocycles. The van der Waals surface area contributed by atoms with Gasteiger partial charge in [0.2, 0.25) is 0 Å². The number of hydrogen-bond acceptors (Lipinski definition) is 3. The zero-order chi connectivity index (χ0) is 16.7. The molecule has 1 atom stereocenters. The molecule has 0 saturated heterocycles. The Morgan fingerprint density at radius 2 is 1.74 bits per heavy atom. The molecule has 0 aliphatic heterocycles. The van der Waals surface area contributed by atoms with Gasteiger partial charge >= 0.3 is 0 Å². The van der Waals surface area contributed by atoms with E-state index >= 15 is 0 Å². The van der Waals surface area contributed by atoms with Gasteiger partial charge in [-0.15, -0.1) is 0 Å². The first-order valence-corrected chi connectivity index (χ1v) is 7.85. The first-order valence-electron chi connectivity index (χ1n) is 7.47. The number of carbonyl (C=O) groups excluding carboxylic acids is 1. The van der Waals surface area contributed by atoms with Crippen molar-refractivity contribution in [2.24, 2.45) is 0 Å². The Morgan fingerprint density at radius 3 is 2.35 bits per heavy atom. The zero-order valence-corrected chi connectivity index (χ0v) is 13.7. The van der Waals surface area contributed by atoms with Gasteiger partial charge in [-0.3, -0.25) is 4.79 Å². The molecule has 0 aliphatic carbocycles. The van der Waals surface area contributed by atoms with Gasteiger partial charge in [0.05, 0.1) is 6.61 Å². The average molecular weight is 334 g/mol. The minimum absolute atomic E-state index is 0.0383. The van der Waals surface area contributed by atoms with E-state index < -0.39 is 6.10 Å². The lowest BCUT2D eigenvalue weighted by molar-refractivity contribution is -0.127. The molecule has 5 heteroatoms. The summed E-state index contributed by atoms with van der Waals surface area (Å²) < 4.78 is 5.57. The number of nitrogens with one attached hydrogen (secondary N) is 1. The molecule has 122 valence electrons. The monoisotopic (exact) mass is 333 g/mol. The van der Waals surface area contributed by atoms with Crippen molar-refractivity contribution in [2.45, 2.75) is 26.1 Å². The first-order chi connectivity index (χ1) is 11.1. The lowest BCUT2D eigenvalue weighted by Crippen LogP contribution is -2.37. The molecule has 2 aromatic carbocycles. The minimum Gasteiger partial charge on any atom is -0.481 e. The molecule has 1 unspecified atom stereocenters. The van der Waals surface area contributed by atoms with Crippen molar-refractivity contribution in [2.75, 3.05) is 6.54 Å². The summed E-state index contributed by atoms with van der Waals surface area (Å²) in [6.07, 6.45) is 0.151. The smallest absolute Gasteiger partial charge is 0.260 e. The molecule has 0 fully saturated rings. The van der Waals surface area contributed by atoms with Crippen LogP contribution in [0.2, 0.25) is 5.02 Å². The minimum atomic E-state index is -0.576. The van der Waals surface area contributed by atoms with Crippen LogP contribution in [0.3, 0.4) is 0 Å². The van der Waals surface area contributed by atoms with Crippen LogP contribution in [0.25, 0.3) is 0 Å². The number of aliphatic hydroxyl groups excluding tert-OH is 1. The number of hydrogen-bond donors (Lipinski definition) is 2. The second kappa shape index (κ2) is 8.56. The van der Waals surface area contributed by atoms with Gasteiger partial charge in [0.1, 0.15) is 5.75 Å². The fourth-order valence-electron chi connectivity index (χ4n) is 2.06. The van der Waals surface area contributed by atoms with E-state index in [1.165, 1.54) is 0 Å². The summed E-state index contributed by atoms with van der Waals surface area (Å²) in [4.78, 5) is 12.0. The van der Waals surface area contributed by atoms with Gasteiger partial charge in [-0.2, -0.15) is 0 Å². The van der Waals surface area contributed by atoms with Crippen molar-refractivity contribution < 1.29 is 14.6 Å². The molecule has 1 amide bonds. The van der Waals surface area contributed by atoms with Crippen LogP contribution in [0.1, 0.15) is 18.1 Å². The summed E-state index contributed by atoms with van der Waals surface area (Å²) in [5, 5.41) is 12.5. The summed E-state index contributed by atoms with van der Waals surface area (Å²) in [7, 11) is 0. The van der Waals surface area contributed by atoms with Gasteiger partial charge in [0.25, 0.3) is 5.91 Å². The maximum absolute atomic E-state index is 12.0. The standard InChI is InChI=1S/C18H20ClNO3/c1-13(23-17-8-6-16(19)7-9-17)18(22)20-11-10-14-2-4-15(12-21)5-3-14/h2-9,13,21H,10-12H2,1H3,(H,20,22). The largest absolute Gasteiger partial charge is 0.481 e. The number of benzene rings is 2. The van der Waals surface area contributed by atoms with Crippen molar-refractivity contribution in [1.29, 1.82) is 0 Å². The summed E-state index contributed by atoms with van der Waals surface area (Å²) >= 11 is 5.81. The Labute approximate surface area is 141 Å². The maximum Gasteiger partial charge on any atom is 0.260 e. The molecule has 0 radical (unpaired) electrons. The van der Waals surface area contributed by atoms with Gasteiger partial charge in [0.15, 0.2) is 6.10 Å². The van der Waals surface area contributed by atoms with E-state index in [4.69, 9.17) is 21.4 Å². The van der Waals surface area contributed by atoms with E-state index in [0.29, 0.717) is 17.3 Å². The topological polar surface area (TPSA) is 58.6 Å². The number of ether oxygens (including phenoxy) is 1. The van der Waals surface area contributed by atoms with Crippen LogP contribution >= 0.6 is 11.6 Å². The van der Waals surface area contributed by atoms with Gasteiger partial charge in [-0.05, 0) is 48.7 Å². The van der Waals surface area contributed by atoms with E-state index in [1.54, 1.807) is 31.2 Å². The van der Waals surface area contributed by atoms with Crippen molar-refractivity contribution in [1.82, 2.24) is 5.32 Å². The van der Waals surface area contributed by atoms with Crippen molar-refractivity contribution in [3.63, 3.8) is 0 Å². The van der Waals surface area contributed by atoms with Gasteiger partial charge in [0, 0.05) is 11.6 Å². The van der Waals surface area contributed by atoms with Gasteiger partial charge in [-0.25, -0.2) is 0 Å². The maximum atomic E-state index is 12.0. The highest BCUT2D eigenvalue weighted by Crippen LogP contribution is 2.16. The van der Waals surface area contributed by atoms with E-state index in [-0.39, 0.29) is 12.5 Å². The molecule has 23 heavy (non-hydrogen) atoms.